The molecule has 0 radical (unpaired) electrons. The molecule has 134 valence electrons. The van der Waals surface area contributed by atoms with Crippen LogP contribution in [-0.4, -0.2) is 36.0 Å². The maximum Gasteiger partial charge on any atom is 0.323 e. The number of rotatable bonds is 10. The molecular formula is C15H22Cl2N4O3. The predicted octanol–water partition coefficient (Wildman–Crippen LogP) is 1.39. The Kier molecular flexibility index (Phi) is 9.63. The molecule has 0 bridgehead atoms. The zero-order valence-electron chi connectivity index (χ0n) is 13.3. The summed E-state index contributed by atoms with van der Waals surface area (Å²) in [5.74, 6) is -0.738. The normalized spacial score (nSPS) is 11.8. The number of carbonyl (C=O) groups excluding carboxylic acids is 2. The third-order valence-corrected chi connectivity index (χ3v) is 3.53. The average Bonchev–Trinajstić information content (AvgIpc) is 2.53. The number of carbonyl (C=O) groups is 2. The van der Waals surface area contributed by atoms with Gasteiger partial charge in [-0.2, -0.15) is 0 Å². The van der Waals surface area contributed by atoms with Gasteiger partial charge >= 0.3 is 5.97 Å². The number of aromatic nitrogens is 1. The van der Waals surface area contributed by atoms with Gasteiger partial charge in [0.05, 0.1) is 0 Å². The van der Waals surface area contributed by atoms with Crippen molar-refractivity contribution in [3.05, 3.63) is 28.0 Å². The van der Waals surface area contributed by atoms with Gasteiger partial charge in [-0.15, -0.1) is 0 Å². The highest BCUT2D eigenvalue weighted by molar-refractivity contribution is 6.32. The van der Waals surface area contributed by atoms with Crippen molar-refractivity contribution in [2.75, 3.05) is 13.1 Å². The molecule has 0 aromatic carbocycles. The fourth-order valence-corrected chi connectivity index (χ4v) is 2.35. The lowest BCUT2D eigenvalue weighted by atomic mass is 10.1. The topological polar surface area (TPSA) is 120 Å². The van der Waals surface area contributed by atoms with Gasteiger partial charge in [0, 0.05) is 13.0 Å². The summed E-state index contributed by atoms with van der Waals surface area (Å²) < 4.78 is 5.09. The first kappa shape index (κ1) is 20.6. The summed E-state index contributed by atoms with van der Waals surface area (Å²) >= 11 is 11.5. The van der Waals surface area contributed by atoms with Gasteiger partial charge in [0.15, 0.2) is 0 Å². The van der Waals surface area contributed by atoms with Crippen LogP contribution < -0.4 is 16.8 Å². The van der Waals surface area contributed by atoms with Crippen molar-refractivity contribution in [1.29, 1.82) is 0 Å². The first-order chi connectivity index (χ1) is 11.4. The molecule has 0 spiro atoms. The standard InChI is InChI=1S/C15H22Cl2N4O3/c16-12-7-10(8-13(17)21-12)9-24-15(23)11(19)3-4-14(22)20-6-2-1-5-18/h7-8,11H,1-6,9,18-19H2,(H,20,22)/t11-/m0/s1. The van der Waals surface area contributed by atoms with Crippen LogP contribution in [0.3, 0.4) is 0 Å². The molecule has 1 aromatic heterocycles. The zero-order chi connectivity index (χ0) is 17.9. The monoisotopic (exact) mass is 376 g/mol. The molecule has 1 atom stereocenters. The van der Waals surface area contributed by atoms with Crippen molar-refractivity contribution in [2.24, 2.45) is 11.5 Å². The van der Waals surface area contributed by atoms with Crippen LogP contribution in [0.4, 0.5) is 0 Å². The maximum atomic E-state index is 11.8. The maximum absolute atomic E-state index is 11.8. The Balaban J connectivity index is 2.28. The summed E-state index contributed by atoms with van der Waals surface area (Å²) in [5.41, 5.74) is 11.7. The summed E-state index contributed by atoms with van der Waals surface area (Å²) in [5, 5.41) is 3.17. The van der Waals surface area contributed by atoms with Crippen molar-refractivity contribution in [3.8, 4) is 0 Å². The average molecular weight is 377 g/mol. The number of amides is 1. The Bertz CT molecular complexity index is 537. The van der Waals surface area contributed by atoms with E-state index in [-0.39, 0.29) is 35.7 Å². The van der Waals surface area contributed by atoms with Gasteiger partial charge in [0.2, 0.25) is 5.91 Å². The van der Waals surface area contributed by atoms with Crippen molar-refractivity contribution < 1.29 is 14.3 Å². The number of unbranched alkanes of at least 4 members (excludes halogenated alkanes) is 1. The Hall–Kier alpha value is -1.41. The van der Waals surface area contributed by atoms with Gasteiger partial charge in [0.25, 0.3) is 0 Å². The SMILES string of the molecule is NCCCCNC(=O)CC[C@H](N)C(=O)OCc1cc(Cl)nc(Cl)c1. The number of ether oxygens (including phenoxy) is 1. The fourth-order valence-electron chi connectivity index (χ4n) is 1.85. The van der Waals surface area contributed by atoms with Crippen LogP contribution in [0, 0.1) is 0 Å². The van der Waals surface area contributed by atoms with Crippen LogP contribution in [0.15, 0.2) is 12.1 Å². The highest BCUT2D eigenvalue weighted by Gasteiger charge is 2.17. The van der Waals surface area contributed by atoms with E-state index in [9.17, 15) is 9.59 Å². The smallest absolute Gasteiger partial charge is 0.323 e. The minimum Gasteiger partial charge on any atom is -0.460 e. The summed E-state index contributed by atoms with van der Waals surface area (Å²) in [7, 11) is 0. The van der Waals surface area contributed by atoms with E-state index in [2.05, 4.69) is 10.3 Å². The molecule has 0 saturated carbocycles. The molecule has 0 saturated heterocycles. The predicted molar refractivity (Wildman–Crippen MR) is 92.6 cm³/mol. The van der Waals surface area contributed by atoms with Crippen LogP contribution in [0.2, 0.25) is 10.3 Å². The highest BCUT2D eigenvalue weighted by atomic mass is 35.5. The summed E-state index contributed by atoms with van der Waals surface area (Å²) in [6.07, 6.45) is 2.05. The molecule has 7 nitrogen and oxygen atoms in total. The zero-order valence-corrected chi connectivity index (χ0v) is 14.8. The van der Waals surface area contributed by atoms with Crippen molar-refractivity contribution in [1.82, 2.24) is 10.3 Å². The summed E-state index contributed by atoms with van der Waals surface area (Å²) in [6, 6.07) is 2.22. The number of halogens is 2. The third kappa shape index (κ3) is 8.44. The number of nitrogens with two attached hydrogens (primary N) is 2. The van der Waals surface area contributed by atoms with E-state index in [4.69, 9.17) is 39.4 Å². The lowest BCUT2D eigenvalue weighted by Gasteiger charge is -2.12. The van der Waals surface area contributed by atoms with Crippen molar-refractivity contribution >= 4 is 35.1 Å². The fraction of sp³-hybridized carbons (Fsp3) is 0.533. The van der Waals surface area contributed by atoms with Crippen LogP contribution in [0.5, 0.6) is 0 Å². The molecular weight excluding hydrogens is 355 g/mol. The van der Waals surface area contributed by atoms with Gasteiger partial charge in [-0.3, -0.25) is 9.59 Å². The van der Waals surface area contributed by atoms with E-state index in [0.29, 0.717) is 18.7 Å². The van der Waals surface area contributed by atoms with Gasteiger partial charge in [-0.1, -0.05) is 23.2 Å². The molecule has 5 N–H and O–H groups in total. The number of nitrogens with one attached hydrogen (secondary N) is 1. The molecule has 0 unspecified atom stereocenters. The second kappa shape index (κ2) is 11.2. The molecule has 1 rings (SSSR count). The first-order valence-corrected chi connectivity index (χ1v) is 8.39. The summed E-state index contributed by atoms with van der Waals surface area (Å²) in [4.78, 5) is 27.2. The van der Waals surface area contributed by atoms with Crippen molar-refractivity contribution in [3.63, 3.8) is 0 Å². The lowest BCUT2D eigenvalue weighted by Crippen LogP contribution is -2.34. The van der Waals surface area contributed by atoms with E-state index < -0.39 is 12.0 Å². The molecule has 1 aromatic rings. The largest absolute Gasteiger partial charge is 0.460 e. The first-order valence-electron chi connectivity index (χ1n) is 7.63. The number of hydrogen-bond acceptors (Lipinski definition) is 6. The van der Waals surface area contributed by atoms with Crippen molar-refractivity contribution in [2.45, 2.75) is 38.3 Å². The van der Waals surface area contributed by atoms with E-state index >= 15 is 0 Å². The second-order valence-electron chi connectivity index (χ2n) is 5.22. The van der Waals surface area contributed by atoms with Crippen LogP contribution in [0.1, 0.15) is 31.2 Å². The number of hydrogen-bond donors (Lipinski definition) is 3. The van der Waals surface area contributed by atoms with E-state index in [0.717, 1.165) is 12.8 Å². The molecule has 9 heteroatoms. The molecule has 1 heterocycles. The van der Waals surface area contributed by atoms with Gasteiger partial charge in [0.1, 0.15) is 23.0 Å². The molecule has 0 aliphatic rings. The lowest BCUT2D eigenvalue weighted by molar-refractivity contribution is -0.146. The Morgan fingerprint density at radius 2 is 1.92 bits per heavy atom. The molecule has 0 aliphatic heterocycles. The minimum atomic E-state index is -0.868. The van der Waals surface area contributed by atoms with Gasteiger partial charge < -0.3 is 21.5 Å². The second-order valence-corrected chi connectivity index (χ2v) is 5.99. The summed E-state index contributed by atoms with van der Waals surface area (Å²) in [6.45, 7) is 1.15. The van der Waals surface area contributed by atoms with Crippen LogP contribution in [-0.2, 0) is 20.9 Å². The number of pyridine rings is 1. The molecule has 0 fully saturated rings. The van der Waals surface area contributed by atoms with Crippen LogP contribution in [0.25, 0.3) is 0 Å². The van der Waals surface area contributed by atoms with E-state index in [1.807, 2.05) is 0 Å². The van der Waals surface area contributed by atoms with E-state index in [1.165, 1.54) is 0 Å². The highest BCUT2D eigenvalue weighted by Crippen LogP contribution is 2.15. The quantitative estimate of drug-likeness (QED) is 0.322. The minimum absolute atomic E-state index is 0.0141. The number of esters is 1. The Morgan fingerprint density at radius 3 is 2.54 bits per heavy atom. The Labute approximate surface area is 151 Å². The van der Waals surface area contributed by atoms with E-state index in [1.54, 1.807) is 12.1 Å². The van der Waals surface area contributed by atoms with Gasteiger partial charge in [-0.05, 0) is 43.5 Å². The number of nitrogens with zero attached hydrogens (tertiary/aromatic N) is 1. The molecule has 24 heavy (non-hydrogen) atoms. The van der Waals surface area contributed by atoms with Crippen LogP contribution >= 0.6 is 23.2 Å². The third-order valence-electron chi connectivity index (χ3n) is 3.14. The Morgan fingerprint density at radius 1 is 1.25 bits per heavy atom. The molecule has 1 amide bonds. The molecule has 0 aliphatic carbocycles. The van der Waals surface area contributed by atoms with Gasteiger partial charge in [-0.25, -0.2) is 4.98 Å².